The summed E-state index contributed by atoms with van der Waals surface area (Å²) in [5.74, 6) is 1.13. The molecule has 0 saturated heterocycles. The highest BCUT2D eigenvalue weighted by atomic mass is 35.5. The van der Waals surface area contributed by atoms with Gasteiger partial charge in [0, 0.05) is 35.6 Å². The van der Waals surface area contributed by atoms with Crippen LogP contribution in [0.25, 0.3) is 10.8 Å². The molecule has 0 aliphatic carbocycles. The fourth-order valence-corrected chi connectivity index (χ4v) is 2.91. The number of benzene rings is 1. The van der Waals surface area contributed by atoms with Gasteiger partial charge in [-0.1, -0.05) is 31.5 Å². The topological polar surface area (TPSA) is 92.4 Å². The fourth-order valence-electron chi connectivity index (χ4n) is 2.70. The van der Waals surface area contributed by atoms with Crippen LogP contribution in [0.5, 0.6) is 0 Å². The van der Waals surface area contributed by atoms with Crippen LogP contribution in [-0.2, 0) is 0 Å². The number of rotatable bonds is 5. The first-order valence-electron chi connectivity index (χ1n) is 8.20. The second-order valence-corrected chi connectivity index (χ2v) is 6.86. The molecule has 1 unspecified atom stereocenters. The second-order valence-electron chi connectivity index (χ2n) is 6.45. The Morgan fingerprint density at radius 3 is 2.68 bits per heavy atom. The van der Waals surface area contributed by atoms with Gasteiger partial charge in [-0.05, 0) is 31.4 Å². The van der Waals surface area contributed by atoms with Gasteiger partial charge in [0.05, 0.1) is 5.02 Å². The van der Waals surface area contributed by atoms with Crippen LogP contribution < -0.4 is 16.4 Å². The maximum Gasteiger partial charge on any atom is 0.251 e. The SMILES string of the molecule is CN=C(N)Nc1ncc(Cl)c2ccc(C(=O)NC(C)CC(C)C)cc12. The van der Waals surface area contributed by atoms with Crippen molar-refractivity contribution in [3.8, 4) is 0 Å². The van der Waals surface area contributed by atoms with Crippen molar-refractivity contribution in [2.75, 3.05) is 12.4 Å². The van der Waals surface area contributed by atoms with E-state index in [0.29, 0.717) is 27.7 Å². The number of hydrogen-bond acceptors (Lipinski definition) is 3. The minimum absolute atomic E-state index is 0.0983. The molecular weight excluding hydrogens is 338 g/mol. The maximum absolute atomic E-state index is 12.5. The molecule has 1 atom stereocenters. The van der Waals surface area contributed by atoms with E-state index in [9.17, 15) is 4.79 Å². The summed E-state index contributed by atoms with van der Waals surface area (Å²) in [5.41, 5.74) is 6.27. The van der Waals surface area contributed by atoms with E-state index in [0.717, 1.165) is 11.8 Å². The lowest BCUT2D eigenvalue weighted by atomic mass is 10.0. The van der Waals surface area contributed by atoms with Crippen molar-refractivity contribution in [2.24, 2.45) is 16.6 Å². The van der Waals surface area contributed by atoms with E-state index < -0.39 is 0 Å². The number of pyridine rings is 1. The number of nitrogens with one attached hydrogen (secondary N) is 2. The van der Waals surface area contributed by atoms with Crippen LogP contribution in [0.2, 0.25) is 5.02 Å². The number of nitrogens with two attached hydrogens (primary N) is 1. The van der Waals surface area contributed by atoms with Crippen LogP contribution in [-0.4, -0.2) is 29.9 Å². The molecule has 0 bridgehead atoms. The highest BCUT2D eigenvalue weighted by Crippen LogP contribution is 2.28. The van der Waals surface area contributed by atoms with E-state index in [-0.39, 0.29) is 17.9 Å². The molecule has 6 nitrogen and oxygen atoms in total. The molecule has 0 spiro atoms. The summed E-state index contributed by atoms with van der Waals surface area (Å²) in [6.45, 7) is 6.26. The molecule has 2 aromatic rings. The second kappa shape index (κ2) is 8.16. The van der Waals surface area contributed by atoms with Gasteiger partial charge in [0.15, 0.2) is 5.96 Å². The van der Waals surface area contributed by atoms with Gasteiger partial charge in [-0.25, -0.2) is 4.98 Å². The number of carbonyl (C=O) groups is 1. The number of carbonyl (C=O) groups excluding carboxylic acids is 1. The van der Waals surface area contributed by atoms with Crippen LogP contribution >= 0.6 is 11.6 Å². The standard InChI is InChI=1S/C18H24ClN5O/c1-10(2)7-11(3)23-17(25)12-5-6-13-14(8-12)16(22-9-15(13)19)24-18(20)21-4/h5-6,8-11H,7H2,1-4H3,(H,23,25)(H3,20,21,22,24). The summed E-state index contributed by atoms with van der Waals surface area (Å²) >= 11 is 6.22. The predicted molar refractivity (Wildman–Crippen MR) is 104 cm³/mol. The third-order valence-corrected chi connectivity index (χ3v) is 4.09. The summed E-state index contributed by atoms with van der Waals surface area (Å²) < 4.78 is 0. The minimum atomic E-state index is -0.127. The van der Waals surface area contributed by atoms with E-state index >= 15 is 0 Å². The van der Waals surface area contributed by atoms with E-state index in [2.05, 4.69) is 34.5 Å². The number of guanidine groups is 1. The first-order chi connectivity index (χ1) is 11.8. The lowest BCUT2D eigenvalue weighted by Gasteiger charge is -2.16. The van der Waals surface area contributed by atoms with Gasteiger partial charge in [0.25, 0.3) is 5.91 Å². The molecule has 0 aliphatic heterocycles. The van der Waals surface area contributed by atoms with E-state index in [1.54, 1.807) is 25.4 Å². The van der Waals surface area contributed by atoms with Gasteiger partial charge in [0.2, 0.25) is 0 Å². The van der Waals surface area contributed by atoms with Gasteiger partial charge < -0.3 is 16.4 Å². The predicted octanol–water partition coefficient (Wildman–Crippen LogP) is 3.41. The Hall–Kier alpha value is -2.34. The summed E-state index contributed by atoms with van der Waals surface area (Å²) in [6.07, 6.45) is 2.46. The minimum Gasteiger partial charge on any atom is -0.370 e. The third kappa shape index (κ3) is 4.82. The maximum atomic E-state index is 12.5. The Bertz CT molecular complexity index is 803. The van der Waals surface area contributed by atoms with Crippen LogP contribution in [0.3, 0.4) is 0 Å². The van der Waals surface area contributed by atoms with Gasteiger partial charge in [-0.2, -0.15) is 0 Å². The summed E-state index contributed by atoms with van der Waals surface area (Å²) in [4.78, 5) is 20.6. The number of amides is 1. The molecule has 1 aromatic heterocycles. The van der Waals surface area contributed by atoms with Crippen molar-refractivity contribution in [1.29, 1.82) is 0 Å². The number of halogens is 1. The van der Waals surface area contributed by atoms with Crippen molar-refractivity contribution in [2.45, 2.75) is 33.2 Å². The molecule has 1 aromatic carbocycles. The quantitative estimate of drug-likeness (QED) is 0.562. The van der Waals surface area contributed by atoms with Gasteiger partial charge in [-0.15, -0.1) is 0 Å². The normalized spacial score (nSPS) is 13.1. The monoisotopic (exact) mass is 361 g/mol. The molecule has 1 amide bonds. The lowest BCUT2D eigenvalue weighted by molar-refractivity contribution is 0.0936. The summed E-state index contributed by atoms with van der Waals surface area (Å²) in [5, 5.41) is 7.94. The molecule has 0 radical (unpaired) electrons. The van der Waals surface area contributed by atoms with Crippen molar-refractivity contribution in [1.82, 2.24) is 10.3 Å². The first-order valence-corrected chi connectivity index (χ1v) is 8.58. The Morgan fingerprint density at radius 1 is 1.32 bits per heavy atom. The molecule has 25 heavy (non-hydrogen) atoms. The van der Waals surface area contributed by atoms with Crippen molar-refractivity contribution >= 4 is 40.1 Å². The summed E-state index contributed by atoms with van der Waals surface area (Å²) in [7, 11) is 1.58. The molecule has 0 aliphatic rings. The van der Waals surface area contributed by atoms with E-state index in [1.807, 2.05) is 13.0 Å². The average molecular weight is 362 g/mol. The molecular formula is C18H24ClN5O. The number of fused-ring (bicyclic) bond motifs is 1. The van der Waals surface area contributed by atoms with Crippen LogP contribution in [0, 0.1) is 5.92 Å². The van der Waals surface area contributed by atoms with Crippen molar-refractivity contribution in [3.63, 3.8) is 0 Å². The highest BCUT2D eigenvalue weighted by molar-refractivity contribution is 6.36. The number of hydrogen-bond donors (Lipinski definition) is 3. The molecule has 0 saturated carbocycles. The molecule has 2 rings (SSSR count). The van der Waals surface area contributed by atoms with Gasteiger partial charge in [-0.3, -0.25) is 9.79 Å². The summed E-state index contributed by atoms with van der Waals surface area (Å²) in [6, 6.07) is 5.43. The number of anilines is 1. The zero-order valence-corrected chi connectivity index (χ0v) is 15.7. The lowest BCUT2D eigenvalue weighted by Crippen LogP contribution is -2.33. The molecule has 1 heterocycles. The largest absolute Gasteiger partial charge is 0.370 e. The molecule has 4 N–H and O–H groups in total. The average Bonchev–Trinajstić information content (AvgIpc) is 2.56. The molecule has 134 valence electrons. The smallest absolute Gasteiger partial charge is 0.251 e. The first kappa shape index (κ1) is 19.0. The number of nitrogens with zero attached hydrogens (tertiary/aromatic N) is 2. The van der Waals surface area contributed by atoms with E-state index in [1.165, 1.54) is 0 Å². The number of aliphatic imine (C=N–C) groups is 1. The molecule has 7 heteroatoms. The van der Waals surface area contributed by atoms with E-state index in [4.69, 9.17) is 17.3 Å². The van der Waals surface area contributed by atoms with Crippen LogP contribution in [0.4, 0.5) is 5.82 Å². The Labute approximate surface area is 152 Å². The zero-order valence-electron chi connectivity index (χ0n) is 14.9. The third-order valence-electron chi connectivity index (χ3n) is 3.79. The zero-order chi connectivity index (χ0) is 18.6. The Balaban J connectivity index is 2.36. The van der Waals surface area contributed by atoms with Gasteiger partial charge >= 0.3 is 0 Å². The Morgan fingerprint density at radius 2 is 2.04 bits per heavy atom. The van der Waals surface area contributed by atoms with Crippen molar-refractivity contribution < 1.29 is 4.79 Å². The highest BCUT2D eigenvalue weighted by Gasteiger charge is 2.14. The Kier molecular flexibility index (Phi) is 6.20. The van der Waals surface area contributed by atoms with Crippen LogP contribution in [0.15, 0.2) is 29.4 Å². The van der Waals surface area contributed by atoms with Crippen LogP contribution in [0.1, 0.15) is 37.6 Å². The van der Waals surface area contributed by atoms with Gasteiger partial charge in [0.1, 0.15) is 5.82 Å². The fraction of sp³-hybridized carbons (Fsp3) is 0.389. The van der Waals surface area contributed by atoms with Crippen molar-refractivity contribution in [3.05, 3.63) is 35.0 Å². The molecule has 0 fully saturated rings. The number of aromatic nitrogens is 1.